The highest BCUT2D eigenvalue weighted by molar-refractivity contribution is 5.78. The summed E-state index contributed by atoms with van der Waals surface area (Å²) in [4.78, 5) is 11.6. The molecule has 2 bridgehead atoms. The van der Waals surface area contributed by atoms with Gasteiger partial charge in [-0.3, -0.25) is 4.79 Å². The molecule has 0 aromatic carbocycles. The van der Waals surface area contributed by atoms with Gasteiger partial charge in [-0.2, -0.15) is 0 Å². The second kappa shape index (κ2) is 4.60. The van der Waals surface area contributed by atoms with Crippen molar-refractivity contribution in [2.75, 3.05) is 13.1 Å². The van der Waals surface area contributed by atoms with E-state index >= 15 is 0 Å². The first-order chi connectivity index (χ1) is 8.31. The van der Waals surface area contributed by atoms with Crippen molar-refractivity contribution in [1.82, 2.24) is 10.6 Å². The van der Waals surface area contributed by atoms with Gasteiger partial charge >= 0.3 is 0 Å². The highest BCUT2D eigenvalue weighted by Gasteiger charge is 2.64. The topological polar surface area (TPSA) is 41.1 Å². The summed E-state index contributed by atoms with van der Waals surface area (Å²) in [6.45, 7) is 3.51. The van der Waals surface area contributed by atoms with Crippen LogP contribution >= 0.6 is 0 Å². The number of amides is 1. The summed E-state index contributed by atoms with van der Waals surface area (Å²) >= 11 is 0. The van der Waals surface area contributed by atoms with Gasteiger partial charge in [-0.05, 0) is 49.4 Å². The van der Waals surface area contributed by atoms with Gasteiger partial charge < -0.3 is 10.6 Å². The second-order valence-corrected chi connectivity index (χ2v) is 6.10. The van der Waals surface area contributed by atoms with Crippen molar-refractivity contribution >= 4 is 5.91 Å². The van der Waals surface area contributed by atoms with Gasteiger partial charge in [-0.1, -0.05) is 13.3 Å². The zero-order valence-corrected chi connectivity index (χ0v) is 10.7. The molecule has 2 N–H and O–H groups in total. The maximum atomic E-state index is 11.6. The number of carbonyl (C=O) groups excluding carboxylic acids is 1. The molecule has 1 amide bonds. The first-order valence-electron chi connectivity index (χ1n) is 7.31. The van der Waals surface area contributed by atoms with Crippen LogP contribution in [0.4, 0.5) is 0 Å². The normalized spacial score (nSPS) is 41.4. The first kappa shape index (κ1) is 11.5. The van der Waals surface area contributed by atoms with Crippen molar-refractivity contribution in [2.45, 2.75) is 45.1 Å². The van der Waals surface area contributed by atoms with E-state index in [2.05, 4.69) is 17.6 Å². The van der Waals surface area contributed by atoms with Gasteiger partial charge in [0.05, 0.1) is 6.54 Å². The number of fused-ring (bicyclic) bond motifs is 5. The van der Waals surface area contributed by atoms with E-state index in [1.54, 1.807) is 0 Å². The van der Waals surface area contributed by atoms with Crippen LogP contribution in [0.25, 0.3) is 0 Å². The highest BCUT2D eigenvalue weighted by atomic mass is 16.1. The summed E-state index contributed by atoms with van der Waals surface area (Å²) in [5.74, 6) is 4.02. The lowest BCUT2D eigenvalue weighted by molar-refractivity contribution is -0.120. The molecule has 0 aromatic heterocycles. The van der Waals surface area contributed by atoms with Crippen LogP contribution in [-0.4, -0.2) is 25.0 Å². The van der Waals surface area contributed by atoms with Gasteiger partial charge in [0, 0.05) is 12.6 Å². The summed E-state index contributed by atoms with van der Waals surface area (Å²) in [6, 6.07) is 0.679. The van der Waals surface area contributed by atoms with Crippen LogP contribution in [0.1, 0.15) is 39.0 Å². The van der Waals surface area contributed by atoms with Gasteiger partial charge in [0.2, 0.25) is 5.91 Å². The van der Waals surface area contributed by atoms with Crippen molar-refractivity contribution in [2.24, 2.45) is 23.7 Å². The predicted octanol–water partition coefficient (Wildman–Crippen LogP) is 1.54. The zero-order chi connectivity index (χ0) is 11.8. The Morgan fingerprint density at radius 2 is 1.94 bits per heavy atom. The number of unbranched alkanes of at least 4 members (excludes halogenated alkanes) is 1. The largest absolute Gasteiger partial charge is 0.355 e. The molecule has 3 aliphatic carbocycles. The van der Waals surface area contributed by atoms with Crippen LogP contribution in [0.3, 0.4) is 0 Å². The quantitative estimate of drug-likeness (QED) is 0.687. The average Bonchev–Trinajstić information content (AvgIpc) is 2.71. The van der Waals surface area contributed by atoms with E-state index in [4.69, 9.17) is 0 Å². The third kappa shape index (κ3) is 2.10. The van der Waals surface area contributed by atoms with Gasteiger partial charge in [-0.15, -0.1) is 0 Å². The number of nitrogens with one attached hydrogen (secondary N) is 2. The number of hydrogen-bond acceptors (Lipinski definition) is 2. The van der Waals surface area contributed by atoms with Gasteiger partial charge in [-0.25, -0.2) is 0 Å². The Labute approximate surface area is 104 Å². The molecular weight excluding hydrogens is 212 g/mol. The second-order valence-electron chi connectivity index (χ2n) is 6.10. The zero-order valence-electron chi connectivity index (χ0n) is 10.7. The smallest absolute Gasteiger partial charge is 0.233 e. The van der Waals surface area contributed by atoms with Gasteiger partial charge in [0.25, 0.3) is 0 Å². The van der Waals surface area contributed by atoms with Crippen LogP contribution in [0.2, 0.25) is 0 Å². The number of hydrogen-bond donors (Lipinski definition) is 2. The Morgan fingerprint density at radius 1 is 1.24 bits per heavy atom. The lowest BCUT2D eigenvalue weighted by Gasteiger charge is -2.10. The monoisotopic (exact) mass is 236 g/mol. The van der Waals surface area contributed by atoms with Crippen LogP contribution in [0.15, 0.2) is 0 Å². The fraction of sp³-hybridized carbons (Fsp3) is 0.929. The van der Waals surface area contributed by atoms with Crippen molar-refractivity contribution in [1.29, 1.82) is 0 Å². The molecular formula is C14H24N2O. The molecule has 3 rings (SSSR count). The summed E-state index contributed by atoms with van der Waals surface area (Å²) in [5, 5.41) is 6.44. The lowest BCUT2D eigenvalue weighted by atomic mass is 10.0. The maximum absolute atomic E-state index is 11.6. The minimum atomic E-state index is 0.177. The maximum Gasteiger partial charge on any atom is 0.233 e. The van der Waals surface area contributed by atoms with Crippen LogP contribution in [0, 0.1) is 23.7 Å². The number of carbonyl (C=O) groups is 1. The minimum absolute atomic E-state index is 0.177. The molecule has 4 unspecified atom stereocenters. The summed E-state index contributed by atoms with van der Waals surface area (Å²) < 4.78 is 0. The Balaban J connectivity index is 1.35. The predicted molar refractivity (Wildman–Crippen MR) is 67.5 cm³/mol. The van der Waals surface area contributed by atoms with Gasteiger partial charge in [0.15, 0.2) is 0 Å². The van der Waals surface area contributed by atoms with E-state index in [-0.39, 0.29) is 5.91 Å². The molecule has 3 heteroatoms. The highest BCUT2D eigenvalue weighted by Crippen LogP contribution is 2.65. The van der Waals surface area contributed by atoms with Gasteiger partial charge in [0.1, 0.15) is 0 Å². The fourth-order valence-electron chi connectivity index (χ4n) is 4.28. The van der Waals surface area contributed by atoms with E-state index in [9.17, 15) is 4.79 Å². The summed E-state index contributed by atoms with van der Waals surface area (Å²) in [7, 11) is 0. The molecule has 3 nitrogen and oxygen atoms in total. The molecule has 0 heterocycles. The third-order valence-electron chi connectivity index (χ3n) is 5.09. The molecule has 0 radical (unpaired) electrons. The molecule has 0 aromatic rings. The molecule has 17 heavy (non-hydrogen) atoms. The molecule has 3 fully saturated rings. The van der Waals surface area contributed by atoms with E-state index in [1.807, 2.05) is 0 Å². The Kier molecular flexibility index (Phi) is 3.12. The van der Waals surface area contributed by atoms with Crippen molar-refractivity contribution in [3.8, 4) is 0 Å². The van der Waals surface area contributed by atoms with E-state index in [0.29, 0.717) is 12.6 Å². The van der Waals surface area contributed by atoms with Crippen molar-refractivity contribution in [3.05, 3.63) is 0 Å². The molecule has 3 aliphatic rings. The molecule has 3 saturated carbocycles. The van der Waals surface area contributed by atoms with E-state index < -0.39 is 0 Å². The minimum Gasteiger partial charge on any atom is -0.355 e. The first-order valence-corrected chi connectivity index (χ1v) is 7.31. The average molecular weight is 236 g/mol. The van der Waals surface area contributed by atoms with Crippen LogP contribution in [0.5, 0.6) is 0 Å². The summed E-state index contributed by atoms with van der Waals surface area (Å²) in [5.41, 5.74) is 0. The van der Waals surface area contributed by atoms with Crippen LogP contribution in [-0.2, 0) is 4.79 Å². The summed E-state index contributed by atoms with van der Waals surface area (Å²) in [6.07, 6.45) is 6.62. The molecule has 0 spiro atoms. The van der Waals surface area contributed by atoms with Crippen LogP contribution < -0.4 is 10.6 Å². The standard InChI is InChI=1S/C14H24N2O/c1-2-3-6-15-11(17)8-16-14-12-9-4-5-10(7-9)13(12)14/h9-10,12-14,16H,2-8H2,1H3,(H,15,17). The third-order valence-corrected chi connectivity index (χ3v) is 5.09. The molecule has 0 aliphatic heterocycles. The fourth-order valence-corrected chi connectivity index (χ4v) is 4.28. The Hall–Kier alpha value is -0.570. The van der Waals surface area contributed by atoms with Crippen molar-refractivity contribution < 1.29 is 4.79 Å². The lowest BCUT2D eigenvalue weighted by Crippen LogP contribution is -2.36. The van der Waals surface area contributed by atoms with E-state index in [1.165, 1.54) is 19.3 Å². The van der Waals surface area contributed by atoms with E-state index in [0.717, 1.165) is 43.1 Å². The Morgan fingerprint density at radius 3 is 2.59 bits per heavy atom. The number of rotatable bonds is 6. The van der Waals surface area contributed by atoms with Crippen molar-refractivity contribution in [3.63, 3.8) is 0 Å². The molecule has 96 valence electrons. The molecule has 4 atom stereocenters. The molecule has 0 saturated heterocycles. The SMILES string of the molecule is CCCCNC(=O)CNC1C2C3CCC(C3)C12. The Bertz CT molecular complexity index is 289.